The number of anilines is 1. The lowest BCUT2D eigenvalue weighted by Crippen LogP contribution is -2.22. The zero-order valence-electron chi connectivity index (χ0n) is 17.4. The van der Waals surface area contributed by atoms with Crippen LogP contribution in [0.5, 0.6) is 0 Å². The van der Waals surface area contributed by atoms with Crippen LogP contribution in [-0.4, -0.2) is 21.3 Å². The van der Waals surface area contributed by atoms with E-state index in [2.05, 4.69) is 100 Å². The summed E-state index contributed by atoms with van der Waals surface area (Å²) in [6.45, 7) is 9.92. The van der Waals surface area contributed by atoms with Crippen LogP contribution in [0.2, 0.25) is 0 Å². The maximum Gasteiger partial charge on any atom is 0.146 e. The van der Waals surface area contributed by atoms with Gasteiger partial charge in [0, 0.05) is 38.3 Å². The summed E-state index contributed by atoms with van der Waals surface area (Å²) in [6.07, 6.45) is 0. The second kappa shape index (κ2) is 9.51. The van der Waals surface area contributed by atoms with E-state index in [0.717, 1.165) is 31.3 Å². The van der Waals surface area contributed by atoms with Crippen molar-refractivity contribution in [1.29, 1.82) is 0 Å². The van der Waals surface area contributed by atoms with E-state index in [1.165, 1.54) is 16.8 Å². The van der Waals surface area contributed by atoms with Crippen molar-refractivity contribution in [3.05, 3.63) is 77.4 Å². The quantitative estimate of drug-likeness (QED) is 0.605. The fourth-order valence-electron chi connectivity index (χ4n) is 3.36. The summed E-state index contributed by atoms with van der Waals surface area (Å²) in [5.41, 5.74) is 3.86. The molecule has 3 aromatic rings. The van der Waals surface area contributed by atoms with Crippen LogP contribution in [0.4, 0.5) is 5.69 Å². The third-order valence-corrected chi connectivity index (χ3v) is 5.03. The molecule has 28 heavy (non-hydrogen) atoms. The summed E-state index contributed by atoms with van der Waals surface area (Å²) in [5, 5.41) is 12.1. The molecular formula is C23H31N5. The van der Waals surface area contributed by atoms with E-state index < -0.39 is 0 Å². The molecule has 0 atom stereocenters. The first-order chi connectivity index (χ1) is 13.6. The highest BCUT2D eigenvalue weighted by Gasteiger charge is 2.11. The summed E-state index contributed by atoms with van der Waals surface area (Å²) in [6, 6.07) is 19.4. The zero-order chi connectivity index (χ0) is 19.9. The number of nitrogens with one attached hydrogen (secondary N) is 1. The molecule has 0 aliphatic heterocycles. The molecule has 5 nitrogen and oxygen atoms in total. The summed E-state index contributed by atoms with van der Waals surface area (Å²) >= 11 is 0. The minimum absolute atomic E-state index is 0.385. The number of hydrogen-bond donors (Lipinski definition) is 1. The van der Waals surface area contributed by atoms with Gasteiger partial charge >= 0.3 is 0 Å². The van der Waals surface area contributed by atoms with Gasteiger partial charge in [-0.1, -0.05) is 56.3 Å². The lowest BCUT2D eigenvalue weighted by Gasteiger charge is -2.23. The first-order valence-electron chi connectivity index (χ1n) is 10.0. The van der Waals surface area contributed by atoms with Gasteiger partial charge in [0.15, 0.2) is 0 Å². The highest BCUT2D eigenvalue weighted by molar-refractivity contribution is 5.48. The smallest absolute Gasteiger partial charge is 0.146 e. The summed E-state index contributed by atoms with van der Waals surface area (Å²) in [5.74, 6) is 2.38. The van der Waals surface area contributed by atoms with Crippen molar-refractivity contribution in [2.24, 2.45) is 7.05 Å². The van der Waals surface area contributed by atoms with Crippen molar-refractivity contribution in [2.45, 2.75) is 46.3 Å². The number of hydrogen-bond acceptors (Lipinski definition) is 4. The van der Waals surface area contributed by atoms with Crippen LogP contribution >= 0.6 is 0 Å². The first kappa shape index (κ1) is 20.1. The van der Waals surface area contributed by atoms with Crippen LogP contribution in [-0.2, 0) is 26.7 Å². The van der Waals surface area contributed by atoms with Crippen molar-refractivity contribution < 1.29 is 0 Å². The van der Waals surface area contributed by atoms with Gasteiger partial charge in [-0.25, -0.2) is 0 Å². The first-order valence-corrected chi connectivity index (χ1v) is 10.0. The highest BCUT2D eigenvalue weighted by atomic mass is 15.3. The molecule has 0 saturated carbocycles. The summed E-state index contributed by atoms with van der Waals surface area (Å²) < 4.78 is 2.09. The summed E-state index contributed by atoms with van der Waals surface area (Å²) in [7, 11) is 2.03. The monoisotopic (exact) mass is 377 g/mol. The zero-order valence-corrected chi connectivity index (χ0v) is 17.4. The number of nitrogens with zero attached hydrogens (tertiary/aromatic N) is 4. The Kier molecular flexibility index (Phi) is 6.82. The van der Waals surface area contributed by atoms with Crippen molar-refractivity contribution in [1.82, 2.24) is 20.1 Å². The number of rotatable bonds is 9. The van der Waals surface area contributed by atoms with Gasteiger partial charge in [0.2, 0.25) is 0 Å². The maximum atomic E-state index is 4.30. The molecule has 0 spiro atoms. The van der Waals surface area contributed by atoms with Gasteiger partial charge < -0.3 is 14.8 Å². The van der Waals surface area contributed by atoms with Gasteiger partial charge in [0.1, 0.15) is 11.6 Å². The van der Waals surface area contributed by atoms with Crippen LogP contribution in [0.15, 0.2) is 54.6 Å². The molecule has 0 amide bonds. The average molecular weight is 378 g/mol. The molecule has 1 N–H and O–H groups in total. The van der Waals surface area contributed by atoms with E-state index in [1.807, 2.05) is 7.05 Å². The van der Waals surface area contributed by atoms with Crippen LogP contribution in [0.3, 0.4) is 0 Å². The van der Waals surface area contributed by atoms with Crippen molar-refractivity contribution in [3.63, 3.8) is 0 Å². The molecule has 0 aliphatic rings. The topological polar surface area (TPSA) is 46.0 Å². The van der Waals surface area contributed by atoms with Crippen molar-refractivity contribution in [3.8, 4) is 0 Å². The molecule has 3 rings (SSSR count). The minimum Gasteiger partial charge on any atom is -0.367 e. The molecule has 0 radical (unpaired) electrons. The lowest BCUT2D eigenvalue weighted by molar-refractivity contribution is 0.622. The Labute approximate surface area is 168 Å². The third-order valence-electron chi connectivity index (χ3n) is 5.03. The number of benzene rings is 2. The fraction of sp³-hybridized carbons (Fsp3) is 0.391. The Bertz CT molecular complexity index is 852. The van der Waals surface area contributed by atoms with Gasteiger partial charge in [-0.3, -0.25) is 0 Å². The van der Waals surface area contributed by atoms with Gasteiger partial charge in [-0.15, -0.1) is 10.2 Å². The van der Waals surface area contributed by atoms with E-state index in [4.69, 9.17) is 0 Å². The highest BCUT2D eigenvalue weighted by Crippen LogP contribution is 2.18. The predicted octanol–water partition coefficient (Wildman–Crippen LogP) is 4.25. The minimum atomic E-state index is 0.385. The molecule has 0 aliphatic carbocycles. The molecule has 0 unspecified atom stereocenters. The Hall–Kier alpha value is -2.66. The average Bonchev–Trinajstić information content (AvgIpc) is 3.08. The Morgan fingerprint density at radius 1 is 0.929 bits per heavy atom. The second-order valence-electron chi connectivity index (χ2n) is 7.46. The lowest BCUT2D eigenvalue weighted by atomic mass is 10.1. The van der Waals surface area contributed by atoms with Crippen molar-refractivity contribution in [2.75, 3.05) is 11.4 Å². The van der Waals surface area contributed by atoms with Gasteiger partial charge in [0.25, 0.3) is 0 Å². The van der Waals surface area contributed by atoms with Crippen LogP contribution in [0, 0.1) is 0 Å². The molecule has 5 heteroatoms. The maximum absolute atomic E-state index is 4.30. The van der Waals surface area contributed by atoms with Gasteiger partial charge in [-0.05, 0) is 30.2 Å². The Morgan fingerprint density at radius 3 is 2.25 bits per heavy atom. The van der Waals surface area contributed by atoms with E-state index >= 15 is 0 Å². The molecule has 148 valence electrons. The van der Waals surface area contributed by atoms with Crippen LogP contribution in [0.1, 0.15) is 49.5 Å². The molecule has 2 aromatic carbocycles. The predicted molar refractivity (Wildman–Crippen MR) is 115 cm³/mol. The fourth-order valence-corrected chi connectivity index (χ4v) is 3.36. The third kappa shape index (κ3) is 4.98. The normalized spacial score (nSPS) is 11.2. The van der Waals surface area contributed by atoms with E-state index in [9.17, 15) is 0 Å². The van der Waals surface area contributed by atoms with E-state index in [-0.39, 0.29) is 0 Å². The molecular weight excluding hydrogens is 346 g/mol. The van der Waals surface area contributed by atoms with Crippen LogP contribution in [0.25, 0.3) is 0 Å². The van der Waals surface area contributed by atoms with Crippen molar-refractivity contribution >= 4 is 5.69 Å². The van der Waals surface area contributed by atoms with Gasteiger partial charge in [-0.2, -0.15) is 0 Å². The standard InChI is InChI=1S/C23H31N5/c1-5-28(17-20-9-7-6-8-10-20)21-13-11-19(12-14-21)15-24-16-22-25-26-23(18(2)3)27(22)4/h6-14,18,24H,5,15-17H2,1-4H3. The van der Waals surface area contributed by atoms with E-state index in [0.29, 0.717) is 12.5 Å². The SMILES string of the molecule is CCN(Cc1ccccc1)c1ccc(CNCc2nnc(C(C)C)n2C)cc1. The molecule has 0 fully saturated rings. The molecule has 1 aromatic heterocycles. The molecule has 0 saturated heterocycles. The number of aromatic nitrogens is 3. The molecule has 1 heterocycles. The Balaban J connectivity index is 1.55. The molecule has 0 bridgehead atoms. The van der Waals surface area contributed by atoms with Gasteiger partial charge in [0.05, 0.1) is 6.54 Å². The largest absolute Gasteiger partial charge is 0.367 e. The second-order valence-corrected chi connectivity index (χ2v) is 7.46. The Morgan fingerprint density at radius 2 is 1.64 bits per heavy atom. The summed E-state index contributed by atoms with van der Waals surface area (Å²) in [4.78, 5) is 2.39. The van der Waals surface area contributed by atoms with E-state index in [1.54, 1.807) is 0 Å². The van der Waals surface area contributed by atoms with Crippen LogP contribution < -0.4 is 10.2 Å².